The summed E-state index contributed by atoms with van der Waals surface area (Å²) in [5.41, 5.74) is 4.98. The van der Waals surface area contributed by atoms with Crippen LogP contribution < -0.4 is 10.2 Å². The lowest BCUT2D eigenvalue weighted by Crippen LogP contribution is -2.49. The first-order chi connectivity index (χ1) is 17.9. The summed E-state index contributed by atoms with van der Waals surface area (Å²) in [4.78, 5) is 15.5. The van der Waals surface area contributed by atoms with Crippen LogP contribution >= 0.6 is 0 Å². The van der Waals surface area contributed by atoms with E-state index in [1.807, 2.05) is 35.9 Å². The van der Waals surface area contributed by atoms with Crippen molar-refractivity contribution < 1.29 is 13.9 Å². The zero-order chi connectivity index (χ0) is 25.7. The van der Waals surface area contributed by atoms with Crippen LogP contribution in [-0.2, 0) is 25.0 Å². The number of halogens is 1. The van der Waals surface area contributed by atoms with E-state index in [4.69, 9.17) is 4.74 Å². The SMILES string of the molecule is C[C@@H](NC1(C)CCC1)c1cc(CF)c2c(c1)C(=O)N(c1cccc([C@@H](c3nncn3C)C3COC3)c1)C2. The van der Waals surface area contributed by atoms with Gasteiger partial charge in [0.05, 0.1) is 25.7 Å². The largest absolute Gasteiger partial charge is 0.381 e. The van der Waals surface area contributed by atoms with Crippen LogP contribution in [0.1, 0.15) is 83.5 Å². The van der Waals surface area contributed by atoms with Gasteiger partial charge < -0.3 is 19.5 Å². The van der Waals surface area contributed by atoms with Gasteiger partial charge in [-0.05, 0) is 73.6 Å². The predicted octanol–water partition coefficient (Wildman–Crippen LogP) is 4.82. The fraction of sp³-hybridized carbons (Fsp3) is 0.483. The van der Waals surface area contributed by atoms with E-state index in [9.17, 15) is 9.18 Å². The second-order valence-electron chi connectivity index (χ2n) is 11.2. The first-order valence-corrected chi connectivity index (χ1v) is 13.2. The van der Waals surface area contributed by atoms with Crippen molar-refractivity contribution in [2.24, 2.45) is 13.0 Å². The van der Waals surface area contributed by atoms with Crippen molar-refractivity contribution in [3.8, 4) is 0 Å². The molecule has 1 aromatic heterocycles. The average molecular weight is 504 g/mol. The molecule has 1 saturated carbocycles. The number of aromatic nitrogens is 3. The third-order valence-corrected chi connectivity index (χ3v) is 8.52. The van der Waals surface area contributed by atoms with Crippen LogP contribution in [0.5, 0.6) is 0 Å². The molecule has 8 heteroatoms. The first kappa shape index (κ1) is 24.2. The number of amides is 1. The van der Waals surface area contributed by atoms with Crippen molar-refractivity contribution in [3.05, 3.63) is 76.4 Å². The van der Waals surface area contributed by atoms with Crippen molar-refractivity contribution in [2.45, 2.75) is 63.8 Å². The summed E-state index contributed by atoms with van der Waals surface area (Å²) in [5.74, 6) is 1.13. The molecule has 194 valence electrons. The van der Waals surface area contributed by atoms with Gasteiger partial charge in [-0.25, -0.2) is 4.39 Å². The third-order valence-electron chi connectivity index (χ3n) is 8.52. The van der Waals surface area contributed by atoms with Gasteiger partial charge in [0, 0.05) is 35.8 Å². The Kier molecular flexibility index (Phi) is 6.12. The highest BCUT2D eigenvalue weighted by molar-refractivity contribution is 6.10. The molecule has 37 heavy (non-hydrogen) atoms. The summed E-state index contributed by atoms with van der Waals surface area (Å²) in [6.07, 6.45) is 5.23. The Hall–Kier alpha value is -3.10. The standard InChI is InChI=1S/C29H34FN5O2/c1-18(32-29(2)8-5-9-29)20-10-21(13-30)25-14-35(28(36)24(25)12-20)23-7-4-6-19(11-23)26(22-15-37-16-22)27-33-31-17-34(27)3/h4,6-7,10-12,17-18,22,26,32H,5,8-9,13-16H2,1-3H3/t18-,26-/m1/s1. The van der Waals surface area contributed by atoms with E-state index in [1.54, 1.807) is 11.2 Å². The predicted molar refractivity (Wildman–Crippen MR) is 139 cm³/mol. The number of nitrogens with one attached hydrogen (secondary N) is 1. The Balaban J connectivity index is 1.31. The van der Waals surface area contributed by atoms with Crippen molar-refractivity contribution >= 4 is 11.6 Å². The summed E-state index contributed by atoms with van der Waals surface area (Å²) < 4.78 is 21.7. The molecule has 7 nitrogen and oxygen atoms in total. The maximum Gasteiger partial charge on any atom is 0.258 e. The number of anilines is 1. The molecule has 2 atom stereocenters. The number of carbonyl (C=O) groups excluding carboxylic acids is 1. The lowest BCUT2D eigenvalue weighted by molar-refractivity contribution is -0.0407. The molecule has 0 unspecified atom stereocenters. The molecule has 1 aliphatic carbocycles. The minimum absolute atomic E-state index is 0.0223. The summed E-state index contributed by atoms with van der Waals surface area (Å²) >= 11 is 0. The third kappa shape index (κ3) is 4.26. The van der Waals surface area contributed by atoms with Crippen molar-refractivity contribution in [3.63, 3.8) is 0 Å². The molecule has 3 aliphatic rings. The quantitative estimate of drug-likeness (QED) is 0.477. The lowest BCUT2D eigenvalue weighted by Gasteiger charge is -2.42. The van der Waals surface area contributed by atoms with Gasteiger partial charge in [0.2, 0.25) is 0 Å². The highest BCUT2D eigenvalue weighted by Crippen LogP contribution is 2.39. The number of nitrogens with zero attached hydrogens (tertiary/aromatic N) is 4. The van der Waals surface area contributed by atoms with E-state index in [1.165, 1.54) is 6.42 Å². The van der Waals surface area contributed by atoms with Gasteiger partial charge in [-0.15, -0.1) is 10.2 Å². The van der Waals surface area contributed by atoms with E-state index < -0.39 is 6.67 Å². The fourth-order valence-electron chi connectivity index (χ4n) is 6.08. The van der Waals surface area contributed by atoms with Crippen molar-refractivity contribution in [1.82, 2.24) is 20.1 Å². The molecule has 0 radical (unpaired) electrons. The van der Waals surface area contributed by atoms with Gasteiger partial charge >= 0.3 is 0 Å². The van der Waals surface area contributed by atoms with Gasteiger partial charge in [0.1, 0.15) is 18.8 Å². The minimum Gasteiger partial charge on any atom is -0.381 e. The van der Waals surface area contributed by atoms with Crippen LogP contribution in [0.2, 0.25) is 0 Å². The Morgan fingerprint density at radius 2 is 2.03 bits per heavy atom. The molecule has 2 aromatic carbocycles. The first-order valence-electron chi connectivity index (χ1n) is 13.2. The molecular weight excluding hydrogens is 469 g/mol. The molecule has 0 bridgehead atoms. The fourth-order valence-corrected chi connectivity index (χ4v) is 6.08. The number of carbonyl (C=O) groups is 1. The molecule has 1 amide bonds. The molecule has 1 saturated heterocycles. The lowest BCUT2D eigenvalue weighted by atomic mass is 9.77. The van der Waals surface area contributed by atoms with Gasteiger partial charge in [-0.2, -0.15) is 0 Å². The van der Waals surface area contributed by atoms with Crippen LogP contribution in [0.25, 0.3) is 0 Å². The second kappa shape index (κ2) is 9.33. The molecule has 2 aliphatic heterocycles. The molecular formula is C29H34FN5O2. The molecule has 2 fully saturated rings. The van der Waals surface area contributed by atoms with Crippen LogP contribution in [0.3, 0.4) is 0 Å². The number of benzene rings is 2. The number of aryl methyl sites for hydroxylation is 1. The van der Waals surface area contributed by atoms with E-state index in [2.05, 4.69) is 41.5 Å². The normalized spacial score (nSPS) is 20.3. The number of fused-ring (bicyclic) bond motifs is 1. The summed E-state index contributed by atoms with van der Waals surface area (Å²) in [6, 6.07) is 12.0. The van der Waals surface area contributed by atoms with Crippen molar-refractivity contribution in [1.29, 1.82) is 0 Å². The Morgan fingerprint density at radius 1 is 1.22 bits per heavy atom. The summed E-state index contributed by atoms with van der Waals surface area (Å²) in [7, 11) is 1.95. The molecule has 1 N–H and O–H groups in total. The van der Waals surface area contributed by atoms with Gasteiger partial charge in [-0.3, -0.25) is 4.79 Å². The van der Waals surface area contributed by atoms with Crippen LogP contribution in [-0.4, -0.2) is 39.4 Å². The monoisotopic (exact) mass is 503 g/mol. The van der Waals surface area contributed by atoms with Crippen LogP contribution in [0, 0.1) is 5.92 Å². The molecule has 6 rings (SSSR count). The van der Waals surface area contributed by atoms with Gasteiger partial charge in [0.25, 0.3) is 5.91 Å². The molecule has 0 spiro atoms. The van der Waals surface area contributed by atoms with E-state index in [0.29, 0.717) is 36.8 Å². The molecule has 3 heterocycles. The summed E-state index contributed by atoms with van der Waals surface area (Å²) in [5, 5.41) is 12.2. The zero-order valence-electron chi connectivity index (χ0n) is 21.7. The number of alkyl halides is 1. The Labute approximate surface area is 217 Å². The van der Waals surface area contributed by atoms with Crippen molar-refractivity contribution in [2.75, 3.05) is 18.1 Å². The maximum absolute atomic E-state index is 14.2. The van der Waals surface area contributed by atoms with E-state index >= 15 is 0 Å². The number of ether oxygens (including phenoxy) is 1. The number of hydrogen-bond acceptors (Lipinski definition) is 5. The topological polar surface area (TPSA) is 72.3 Å². The van der Waals surface area contributed by atoms with Gasteiger partial charge in [-0.1, -0.05) is 18.2 Å². The number of hydrogen-bond donors (Lipinski definition) is 1. The smallest absolute Gasteiger partial charge is 0.258 e. The average Bonchev–Trinajstić information content (AvgIpc) is 3.42. The van der Waals surface area contributed by atoms with Crippen LogP contribution in [0.4, 0.5) is 10.1 Å². The van der Waals surface area contributed by atoms with Crippen LogP contribution in [0.15, 0.2) is 42.7 Å². The number of rotatable bonds is 8. The second-order valence-corrected chi connectivity index (χ2v) is 11.2. The van der Waals surface area contributed by atoms with Gasteiger partial charge in [0.15, 0.2) is 0 Å². The minimum atomic E-state index is -0.586. The van der Waals surface area contributed by atoms with E-state index in [0.717, 1.165) is 41.0 Å². The highest BCUT2D eigenvalue weighted by atomic mass is 19.1. The Morgan fingerprint density at radius 3 is 2.65 bits per heavy atom. The highest BCUT2D eigenvalue weighted by Gasteiger charge is 2.37. The maximum atomic E-state index is 14.2. The molecule has 3 aromatic rings. The summed E-state index contributed by atoms with van der Waals surface area (Å²) in [6.45, 7) is 5.47. The van der Waals surface area contributed by atoms with E-state index in [-0.39, 0.29) is 23.4 Å². The zero-order valence-corrected chi connectivity index (χ0v) is 21.7. The Bertz CT molecular complexity index is 1330.